The third kappa shape index (κ3) is 5.35. The second kappa shape index (κ2) is 7.83. The van der Waals surface area contributed by atoms with Crippen LogP contribution < -0.4 is 5.32 Å². The Labute approximate surface area is 147 Å². The summed E-state index contributed by atoms with van der Waals surface area (Å²) in [5, 5.41) is 3.47. The summed E-state index contributed by atoms with van der Waals surface area (Å²) in [6.07, 6.45) is 5.09. The molecule has 0 unspecified atom stereocenters. The second-order valence-corrected chi connectivity index (χ2v) is 8.49. The molecular weight excluding hydrogens is 359 g/mol. The van der Waals surface area contributed by atoms with Crippen molar-refractivity contribution in [2.45, 2.75) is 38.1 Å². The molecule has 1 saturated carbocycles. The second-order valence-electron chi connectivity index (χ2n) is 5.74. The molecule has 1 aliphatic carbocycles. The molecule has 1 aromatic rings. The molecule has 5 nitrogen and oxygen atoms in total. The van der Waals surface area contributed by atoms with Crippen LogP contribution >= 0.6 is 23.2 Å². The van der Waals surface area contributed by atoms with Gasteiger partial charge in [0, 0.05) is 24.7 Å². The van der Waals surface area contributed by atoms with Crippen molar-refractivity contribution in [3.8, 4) is 0 Å². The minimum atomic E-state index is -3.31. The Morgan fingerprint density at radius 2 is 1.91 bits per heavy atom. The smallest absolute Gasteiger partial charge is 0.225 e. The van der Waals surface area contributed by atoms with Crippen LogP contribution in [-0.4, -0.2) is 37.5 Å². The van der Waals surface area contributed by atoms with E-state index in [2.05, 4.69) is 5.32 Å². The number of anilines is 1. The molecule has 0 bridgehead atoms. The Balaban J connectivity index is 1.94. The highest BCUT2D eigenvalue weighted by Crippen LogP contribution is 2.26. The number of rotatable bonds is 6. The predicted octanol–water partition coefficient (Wildman–Crippen LogP) is 3.53. The number of halogens is 2. The lowest BCUT2D eigenvalue weighted by molar-refractivity contribution is -0.116. The van der Waals surface area contributed by atoms with Crippen LogP contribution in [0.25, 0.3) is 0 Å². The molecule has 0 atom stereocenters. The van der Waals surface area contributed by atoms with E-state index in [0.29, 0.717) is 15.7 Å². The minimum absolute atomic E-state index is 0.0165. The molecular formula is C15H20Cl2N2O3S. The fourth-order valence-corrected chi connectivity index (χ4v) is 4.29. The molecule has 0 aliphatic heterocycles. The van der Waals surface area contributed by atoms with Crippen molar-refractivity contribution in [1.82, 2.24) is 4.31 Å². The Hall–Kier alpha value is -0.820. The maximum atomic E-state index is 12.0. The van der Waals surface area contributed by atoms with Crippen molar-refractivity contribution in [2.75, 3.05) is 18.1 Å². The maximum absolute atomic E-state index is 12.0. The van der Waals surface area contributed by atoms with Gasteiger partial charge in [-0.15, -0.1) is 0 Å². The summed E-state index contributed by atoms with van der Waals surface area (Å²) in [7, 11) is -3.31. The molecule has 1 aromatic carbocycles. The Kier molecular flexibility index (Phi) is 6.31. The molecule has 1 aliphatic rings. The molecule has 0 heterocycles. The van der Waals surface area contributed by atoms with E-state index < -0.39 is 10.0 Å². The zero-order valence-corrected chi connectivity index (χ0v) is 15.2. The molecule has 1 amide bonds. The average Bonchev–Trinajstić information content (AvgIpc) is 2.95. The summed E-state index contributed by atoms with van der Waals surface area (Å²) in [6.45, 7) is 0.191. The van der Waals surface area contributed by atoms with Gasteiger partial charge < -0.3 is 5.32 Å². The Bertz CT molecular complexity index is 673. The van der Waals surface area contributed by atoms with Crippen LogP contribution in [0.5, 0.6) is 0 Å². The summed E-state index contributed by atoms with van der Waals surface area (Å²) < 4.78 is 25.3. The van der Waals surface area contributed by atoms with E-state index in [1.54, 1.807) is 18.2 Å². The maximum Gasteiger partial charge on any atom is 0.225 e. The summed E-state index contributed by atoms with van der Waals surface area (Å²) >= 11 is 11.7. The lowest BCUT2D eigenvalue weighted by atomic mass is 10.2. The highest BCUT2D eigenvalue weighted by atomic mass is 35.5. The van der Waals surface area contributed by atoms with Crippen molar-refractivity contribution >= 4 is 44.8 Å². The zero-order valence-electron chi connectivity index (χ0n) is 12.9. The predicted molar refractivity (Wildman–Crippen MR) is 93.5 cm³/mol. The largest absolute Gasteiger partial charge is 0.326 e. The van der Waals surface area contributed by atoms with Crippen LogP contribution in [0.1, 0.15) is 32.1 Å². The summed E-state index contributed by atoms with van der Waals surface area (Å²) in [5.41, 5.74) is 0.538. The first-order chi connectivity index (χ1) is 10.8. The van der Waals surface area contributed by atoms with Crippen LogP contribution in [0.2, 0.25) is 10.0 Å². The van der Waals surface area contributed by atoms with Crippen LogP contribution in [0.3, 0.4) is 0 Å². The molecule has 128 valence electrons. The van der Waals surface area contributed by atoms with Crippen molar-refractivity contribution in [3.05, 3.63) is 28.2 Å². The Morgan fingerprint density at radius 3 is 2.48 bits per heavy atom. The van der Waals surface area contributed by atoms with Gasteiger partial charge in [-0.2, -0.15) is 4.31 Å². The van der Waals surface area contributed by atoms with E-state index in [0.717, 1.165) is 25.7 Å². The topological polar surface area (TPSA) is 66.5 Å². The van der Waals surface area contributed by atoms with Crippen molar-refractivity contribution in [2.24, 2.45) is 0 Å². The SMILES string of the molecule is CS(=O)(=O)N(CCC(=O)Nc1ccc(Cl)c(Cl)c1)C1CCCC1. The van der Waals surface area contributed by atoms with Crippen molar-refractivity contribution in [1.29, 1.82) is 0 Å². The van der Waals surface area contributed by atoms with Gasteiger partial charge in [0.25, 0.3) is 0 Å². The van der Waals surface area contributed by atoms with Gasteiger partial charge in [0.05, 0.1) is 16.3 Å². The third-order valence-corrected chi connectivity index (χ3v) is 5.99. The lowest BCUT2D eigenvalue weighted by Gasteiger charge is -2.26. The van der Waals surface area contributed by atoms with Crippen LogP contribution in [0, 0.1) is 0 Å². The number of hydrogen-bond acceptors (Lipinski definition) is 3. The summed E-state index contributed by atoms with van der Waals surface area (Å²) in [4.78, 5) is 12.0. The number of carbonyl (C=O) groups excluding carboxylic acids is 1. The number of nitrogens with zero attached hydrogens (tertiary/aromatic N) is 1. The summed E-state index contributed by atoms with van der Waals surface area (Å²) in [6, 6.07) is 4.83. The highest BCUT2D eigenvalue weighted by molar-refractivity contribution is 7.88. The number of amides is 1. The van der Waals surface area contributed by atoms with E-state index in [9.17, 15) is 13.2 Å². The normalized spacial score (nSPS) is 16.0. The molecule has 8 heteroatoms. The van der Waals surface area contributed by atoms with Gasteiger partial charge in [0.15, 0.2) is 0 Å². The number of carbonyl (C=O) groups is 1. The molecule has 0 saturated heterocycles. The summed E-state index contributed by atoms with van der Waals surface area (Å²) in [5.74, 6) is -0.255. The molecule has 1 N–H and O–H groups in total. The highest BCUT2D eigenvalue weighted by Gasteiger charge is 2.29. The fraction of sp³-hybridized carbons (Fsp3) is 0.533. The monoisotopic (exact) mass is 378 g/mol. The van der Waals surface area contributed by atoms with E-state index in [4.69, 9.17) is 23.2 Å². The van der Waals surface area contributed by atoms with Crippen molar-refractivity contribution in [3.63, 3.8) is 0 Å². The first-order valence-electron chi connectivity index (χ1n) is 7.49. The molecule has 1 fully saturated rings. The fourth-order valence-electron chi connectivity index (χ4n) is 2.82. The van der Waals surface area contributed by atoms with Crippen LogP contribution in [0.4, 0.5) is 5.69 Å². The van der Waals surface area contributed by atoms with Gasteiger partial charge in [-0.05, 0) is 31.0 Å². The van der Waals surface area contributed by atoms with Gasteiger partial charge >= 0.3 is 0 Å². The number of hydrogen-bond donors (Lipinski definition) is 1. The molecule has 0 radical (unpaired) electrons. The first kappa shape index (κ1) is 18.5. The van der Waals surface area contributed by atoms with E-state index in [1.165, 1.54) is 10.6 Å². The zero-order chi connectivity index (χ0) is 17.0. The molecule has 0 aromatic heterocycles. The molecule has 23 heavy (non-hydrogen) atoms. The number of sulfonamides is 1. The number of benzene rings is 1. The van der Waals surface area contributed by atoms with Crippen molar-refractivity contribution < 1.29 is 13.2 Å². The van der Waals surface area contributed by atoms with Gasteiger partial charge in [0.2, 0.25) is 15.9 Å². The van der Waals surface area contributed by atoms with Crippen LogP contribution in [0.15, 0.2) is 18.2 Å². The minimum Gasteiger partial charge on any atom is -0.326 e. The van der Waals surface area contributed by atoms with Gasteiger partial charge in [-0.1, -0.05) is 36.0 Å². The van der Waals surface area contributed by atoms with E-state index in [-0.39, 0.29) is 24.9 Å². The number of nitrogens with one attached hydrogen (secondary N) is 1. The quantitative estimate of drug-likeness (QED) is 0.822. The third-order valence-electron chi connectivity index (χ3n) is 3.92. The average molecular weight is 379 g/mol. The van der Waals surface area contributed by atoms with Gasteiger partial charge in [0.1, 0.15) is 0 Å². The van der Waals surface area contributed by atoms with Gasteiger partial charge in [-0.3, -0.25) is 4.79 Å². The molecule has 2 rings (SSSR count). The van der Waals surface area contributed by atoms with Crippen LogP contribution in [-0.2, 0) is 14.8 Å². The Morgan fingerprint density at radius 1 is 1.26 bits per heavy atom. The van der Waals surface area contributed by atoms with E-state index >= 15 is 0 Å². The van der Waals surface area contributed by atoms with E-state index in [1.807, 2.05) is 0 Å². The van der Waals surface area contributed by atoms with Gasteiger partial charge in [-0.25, -0.2) is 8.42 Å². The standard InChI is InChI=1S/C15H20Cl2N2O3S/c1-23(21,22)19(12-4-2-3-5-12)9-8-15(20)18-11-6-7-13(16)14(17)10-11/h6-7,10,12H,2-5,8-9H2,1H3,(H,18,20). The lowest BCUT2D eigenvalue weighted by Crippen LogP contribution is -2.39. The molecule has 0 spiro atoms. The first-order valence-corrected chi connectivity index (χ1v) is 10.1.